The summed E-state index contributed by atoms with van der Waals surface area (Å²) in [5.41, 5.74) is 0.0958. The summed E-state index contributed by atoms with van der Waals surface area (Å²) in [6, 6.07) is 12.5. The number of ether oxygens (including phenoxy) is 3. The number of allylic oxidation sites excluding steroid dienone is 1. The first kappa shape index (κ1) is 22.3. The Kier molecular flexibility index (Phi) is 5.99. The zero-order chi connectivity index (χ0) is 23.0. The fourth-order valence-corrected chi connectivity index (χ4v) is 5.63. The third kappa shape index (κ3) is 3.47. The lowest BCUT2D eigenvalue weighted by atomic mass is 9.85. The number of nitriles is 1. The number of methoxy groups -OCH3 is 3. The first-order valence-electron chi connectivity index (χ1n) is 9.76. The van der Waals surface area contributed by atoms with Crippen LogP contribution in [0.3, 0.4) is 0 Å². The maximum absolute atomic E-state index is 13.3. The van der Waals surface area contributed by atoms with E-state index in [1.165, 1.54) is 38.0 Å². The summed E-state index contributed by atoms with van der Waals surface area (Å²) in [6.45, 7) is 0. The summed E-state index contributed by atoms with van der Waals surface area (Å²) in [7, 11) is 4.53. The minimum absolute atomic E-state index is 0.0154. The molecule has 0 aliphatic carbocycles. The summed E-state index contributed by atoms with van der Waals surface area (Å²) >= 11 is 7.27. The third-order valence-corrected chi connectivity index (χ3v) is 7.18. The summed E-state index contributed by atoms with van der Waals surface area (Å²) in [4.78, 5) is 14.6. The van der Waals surface area contributed by atoms with Crippen molar-refractivity contribution >= 4 is 29.3 Å². The molecule has 2 atom stereocenters. The van der Waals surface area contributed by atoms with Gasteiger partial charge in [-0.05, 0) is 29.8 Å². The summed E-state index contributed by atoms with van der Waals surface area (Å²) < 4.78 is 16.3. The molecule has 1 amide bonds. The number of thioether (sulfide) groups is 1. The Hall–Kier alpha value is -2.86. The SMILES string of the molecule is COc1cc(C2CC(=O)N3C(=C2C#N)SCC3(O)c2ccc(Cl)cc2)cc(OC)c1OC. The molecule has 0 radical (unpaired) electrons. The average Bonchev–Trinajstić information content (AvgIpc) is 3.17. The predicted octanol–water partition coefficient (Wildman–Crippen LogP) is 4.01. The maximum Gasteiger partial charge on any atom is 0.231 e. The van der Waals surface area contributed by atoms with Crippen LogP contribution < -0.4 is 14.2 Å². The van der Waals surface area contributed by atoms with Crippen LogP contribution in [-0.4, -0.2) is 43.0 Å². The van der Waals surface area contributed by atoms with E-state index in [0.717, 1.165) is 0 Å². The van der Waals surface area contributed by atoms with E-state index in [9.17, 15) is 15.2 Å². The lowest BCUT2D eigenvalue weighted by Gasteiger charge is -2.38. The van der Waals surface area contributed by atoms with Crippen LogP contribution in [0.4, 0.5) is 0 Å². The van der Waals surface area contributed by atoms with E-state index in [2.05, 4.69) is 6.07 Å². The molecule has 2 heterocycles. The standard InChI is InChI=1S/C23H21ClN2O5S/c1-29-18-8-13(9-19(30-2)21(18)31-3)16-10-20(27)26-22(17(16)11-25)32-12-23(26,28)14-4-6-15(24)7-5-14/h4-9,16,28H,10,12H2,1-3H3. The molecule has 32 heavy (non-hydrogen) atoms. The molecule has 0 aromatic heterocycles. The number of carbonyl (C=O) groups is 1. The third-order valence-electron chi connectivity index (χ3n) is 5.71. The Bertz CT molecular complexity index is 1120. The number of amides is 1. The number of carbonyl (C=O) groups excluding carboxylic acids is 1. The van der Waals surface area contributed by atoms with Gasteiger partial charge >= 0.3 is 0 Å². The van der Waals surface area contributed by atoms with E-state index >= 15 is 0 Å². The van der Waals surface area contributed by atoms with Crippen LogP contribution in [-0.2, 0) is 10.5 Å². The van der Waals surface area contributed by atoms with Gasteiger partial charge in [0, 0.05) is 22.9 Å². The Balaban J connectivity index is 1.82. The second-order valence-electron chi connectivity index (χ2n) is 7.39. The quantitative estimate of drug-likeness (QED) is 0.702. The maximum atomic E-state index is 13.3. The topological polar surface area (TPSA) is 92.0 Å². The molecule has 2 aliphatic heterocycles. The highest BCUT2D eigenvalue weighted by molar-refractivity contribution is 8.03. The van der Waals surface area contributed by atoms with E-state index in [0.29, 0.717) is 44.0 Å². The van der Waals surface area contributed by atoms with Gasteiger partial charge in [-0.3, -0.25) is 9.69 Å². The van der Waals surface area contributed by atoms with Crippen LogP contribution in [0.5, 0.6) is 17.2 Å². The minimum Gasteiger partial charge on any atom is -0.493 e. The molecule has 2 aromatic rings. The van der Waals surface area contributed by atoms with E-state index in [4.69, 9.17) is 25.8 Å². The molecule has 0 saturated carbocycles. The highest BCUT2D eigenvalue weighted by Gasteiger charge is 2.52. The first-order chi connectivity index (χ1) is 15.4. The van der Waals surface area contributed by atoms with Crippen molar-refractivity contribution in [3.63, 3.8) is 0 Å². The van der Waals surface area contributed by atoms with Crippen molar-refractivity contribution in [2.45, 2.75) is 18.1 Å². The van der Waals surface area contributed by atoms with Crippen LogP contribution in [0.2, 0.25) is 5.02 Å². The van der Waals surface area contributed by atoms with E-state index in [-0.39, 0.29) is 18.1 Å². The predicted molar refractivity (Wildman–Crippen MR) is 121 cm³/mol. The molecular formula is C23H21ClN2O5S. The average molecular weight is 473 g/mol. The largest absolute Gasteiger partial charge is 0.493 e. The smallest absolute Gasteiger partial charge is 0.231 e. The fourth-order valence-electron chi connectivity index (χ4n) is 4.14. The van der Waals surface area contributed by atoms with Gasteiger partial charge in [-0.1, -0.05) is 23.7 Å². The molecule has 2 aliphatic rings. The van der Waals surface area contributed by atoms with Crippen LogP contribution in [0.25, 0.3) is 0 Å². The highest BCUT2D eigenvalue weighted by Crippen LogP contribution is 2.53. The molecule has 166 valence electrons. The van der Waals surface area contributed by atoms with Gasteiger partial charge in [0.1, 0.15) is 0 Å². The van der Waals surface area contributed by atoms with E-state index in [1.807, 2.05) is 0 Å². The first-order valence-corrected chi connectivity index (χ1v) is 11.1. The second kappa shape index (κ2) is 8.58. The van der Waals surface area contributed by atoms with Crippen molar-refractivity contribution in [2.75, 3.05) is 27.1 Å². The Morgan fingerprint density at radius 2 is 1.78 bits per heavy atom. The van der Waals surface area contributed by atoms with Crippen molar-refractivity contribution in [2.24, 2.45) is 0 Å². The van der Waals surface area contributed by atoms with Gasteiger partial charge in [0.25, 0.3) is 0 Å². The Morgan fingerprint density at radius 3 is 2.31 bits per heavy atom. The molecule has 0 bridgehead atoms. The summed E-state index contributed by atoms with van der Waals surface area (Å²) in [5.74, 6) is 0.739. The van der Waals surface area contributed by atoms with Gasteiger partial charge in [-0.2, -0.15) is 5.26 Å². The molecule has 1 N–H and O–H groups in total. The molecular weight excluding hydrogens is 452 g/mol. The Morgan fingerprint density at radius 1 is 1.16 bits per heavy atom. The Labute approximate surface area is 195 Å². The highest BCUT2D eigenvalue weighted by atomic mass is 35.5. The van der Waals surface area contributed by atoms with Gasteiger partial charge in [-0.25, -0.2) is 0 Å². The zero-order valence-electron chi connectivity index (χ0n) is 17.7. The number of nitrogens with zero attached hydrogens (tertiary/aromatic N) is 2. The molecule has 1 saturated heterocycles. The zero-order valence-corrected chi connectivity index (χ0v) is 19.3. The number of aliphatic hydroxyl groups is 1. The molecule has 1 fully saturated rings. The van der Waals surface area contributed by atoms with Crippen LogP contribution >= 0.6 is 23.4 Å². The number of halogens is 1. The molecule has 9 heteroatoms. The van der Waals surface area contributed by atoms with Crippen LogP contribution in [0, 0.1) is 11.3 Å². The van der Waals surface area contributed by atoms with Crippen molar-refractivity contribution in [1.29, 1.82) is 5.26 Å². The van der Waals surface area contributed by atoms with Crippen molar-refractivity contribution < 1.29 is 24.1 Å². The summed E-state index contributed by atoms with van der Waals surface area (Å²) in [6.07, 6.45) is 0.0154. The molecule has 0 spiro atoms. The number of fused-ring (bicyclic) bond motifs is 1. The number of rotatable bonds is 5. The van der Waals surface area contributed by atoms with Crippen molar-refractivity contribution in [3.8, 4) is 23.3 Å². The van der Waals surface area contributed by atoms with Crippen LogP contribution in [0.1, 0.15) is 23.5 Å². The second-order valence-corrected chi connectivity index (χ2v) is 8.79. The van der Waals surface area contributed by atoms with Gasteiger partial charge in [0.2, 0.25) is 11.7 Å². The lowest BCUT2D eigenvalue weighted by molar-refractivity contribution is -0.149. The number of benzene rings is 2. The fraction of sp³-hybridized carbons (Fsp3) is 0.304. The molecule has 2 unspecified atom stereocenters. The monoisotopic (exact) mass is 472 g/mol. The van der Waals surface area contributed by atoms with Crippen molar-refractivity contribution in [3.05, 3.63) is 63.1 Å². The number of hydrogen-bond donors (Lipinski definition) is 1. The van der Waals surface area contributed by atoms with Crippen molar-refractivity contribution in [1.82, 2.24) is 4.90 Å². The summed E-state index contributed by atoms with van der Waals surface area (Å²) in [5, 5.41) is 22.5. The minimum atomic E-state index is -1.55. The van der Waals surface area contributed by atoms with Gasteiger partial charge < -0.3 is 19.3 Å². The number of hydrogen-bond acceptors (Lipinski definition) is 7. The van der Waals surface area contributed by atoms with Gasteiger partial charge in [0.15, 0.2) is 17.2 Å². The molecule has 7 nitrogen and oxygen atoms in total. The lowest BCUT2D eigenvalue weighted by Crippen LogP contribution is -2.48. The normalized spacial score (nSPS) is 22.4. The van der Waals surface area contributed by atoms with Gasteiger partial charge in [-0.15, -0.1) is 11.8 Å². The van der Waals surface area contributed by atoms with E-state index in [1.54, 1.807) is 36.4 Å². The van der Waals surface area contributed by atoms with E-state index < -0.39 is 11.6 Å². The van der Waals surface area contributed by atoms with Gasteiger partial charge in [0.05, 0.1) is 43.8 Å². The van der Waals surface area contributed by atoms with Crippen LogP contribution in [0.15, 0.2) is 47.0 Å². The molecule has 2 aromatic carbocycles. The molecule has 4 rings (SSSR count).